The monoisotopic (exact) mass is 473 g/mol. The van der Waals surface area contributed by atoms with Crippen LogP contribution >= 0.6 is 0 Å². The predicted octanol–water partition coefficient (Wildman–Crippen LogP) is 2.29. The van der Waals surface area contributed by atoms with Crippen LogP contribution in [0.25, 0.3) is 22.2 Å². The zero-order valence-corrected chi connectivity index (χ0v) is 17.3. The molecule has 0 radical (unpaired) electrons. The van der Waals surface area contributed by atoms with E-state index >= 15 is 0 Å². The van der Waals surface area contributed by atoms with Crippen LogP contribution in [0, 0.1) is 0 Å². The molecule has 0 saturated carbocycles. The van der Waals surface area contributed by atoms with Crippen molar-refractivity contribution in [1.82, 2.24) is 14.4 Å². The number of aromatic amines is 1. The van der Waals surface area contributed by atoms with Crippen LogP contribution in [0.15, 0.2) is 47.5 Å². The van der Waals surface area contributed by atoms with Gasteiger partial charge < -0.3 is 20.0 Å². The molecule has 0 amide bonds. The van der Waals surface area contributed by atoms with Gasteiger partial charge in [-0.15, -0.1) is 0 Å². The number of benzene rings is 1. The van der Waals surface area contributed by atoms with Crippen molar-refractivity contribution in [2.45, 2.75) is 24.1 Å². The number of alkyl halides is 3. The minimum Gasteiger partial charge on any atom is -0.395 e. The summed E-state index contributed by atoms with van der Waals surface area (Å²) in [6, 6.07) is 8.47. The number of sulfonamides is 1. The minimum atomic E-state index is -5.42. The normalized spacial score (nSPS) is 13.5. The van der Waals surface area contributed by atoms with Gasteiger partial charge in [0.15, 0.2) is 0 Å². The molecule has 1 unspecified atom stereocenters. The van der Waals surface area contributed by atoms with Crippen LogP contribution < -0.4 is 0 Å². The molecule has 0 aliphatic heterocycles. The number of hydrogen-bond donors (Lipinski definition) is 3. The number of H-pyrrole nitrogens is 1. The van der Waals surface area contributed by atoms with Crippen molar-refractivity contribution in [2.24, 2.45) is 0 Å². The Morgan fingerprint density at radius 3 is 2.47 bits per heavy atom. The third-order valence-corrected chi connectivity index (χ3v) is 6.09. The molecule has 1 aromatic carbocycles. The standard InChI is InChI=1S/C19H18F3N3O6S/c1-11(27)16-10-15-14(6-7-23-17(15)24-16)12-2-4-13(5-3-12)32(29,30)25(8-9-26)31-18(28)19(20,21)22/h2-7,10-11,26-27H,8-9H2,1H3,(H,23,24). The summed E-state index contributed by atoms with van der Waals surface area (Å²) < 4.78 is 62.5. The number of fused-ring (bicyclic) bond motifs is 1. The number of rotatable bonds is 7. The van der Waals surface area contributed by atoms with Crippen molar-refractivity contribution in [2.75, 3.05) is 13.2 Å². The number of aliphatic hydroxyl groups excluding tert-OH is 2. The lowest BCUT2D eigenvalue weighted by molar-refractivity contribution is -0.223. The van der Waals surface area contributed by atoms with E-state index < -0.39 is 46.3 Å². The minimum absolute atomic E-state index is 0.205. The summed E-state index contributed by atoms with van der Waals surface area (Å²) >= 11 is 0. The number of carbonyl (C=O) groups is 1. The first-order valence-corrected chi connectivity index (χ1v) is 10.6. The average Bonchev–Trinajstić information content (AvgIpc) is 3.17. The van der Waals surface area contributed by atoms with Gasteiger partial charge >= 0.3 is 12.1 Å². The Morgan fingerprint density at radius 2 is 1.91 bits per heavy atom. The number of aromatic nitrogens is 2. The van der Waals surface area contributed by atoms with E-state index in [2.05, 4.69) is 14.8 Å². The Labute approximate surface area is 180 Å². The maximum Gasteiger partial charge on any atom is 0.492 e. The lowest BCUT2D eigenvalue weighted by atomic mass is 10.0. The van der Waals surface area contributed by atoms with E-state index in [1.807, 2.05) is 0 Å². The molecule has 3 aromatic rings. The van der Waals surface area contributed by atoms with Crippen molar-refractivity contribution >= 4 is 27.0 Å². The molecular weight excluding hydrogens is 455 g/mol. The van der Waals surface area contributed by atoms with Gasteiger partial charge in [0.25, 0.3) is 10.0 Å². The molecule has 0 fully saturated rings. The summed E-state index contributed by atoms with van der Waals surface area (Å²) in [6.07, 6.45) is -4.66. The molecule has 9 nitrogen and oxygen atoms in total. The van der Waals surface area contributed by atoms with Crippen LogP contribution in [0.5, 0.6) is 0 Å². The smallest absolute Gasteiger partial charge is 0.395 e. The quantitative estimate of drug-likeness (QED) is 0.449. The summed E-state index contributed by atoms with van der Waals surface area (Å²) in [6.45, 7) is -0.188. The van der Waals surface area contributed by atoms with E-state index in [-0.39, 0.29) is 4.47 Å². The van der Waals surface area contributed by atoms with Crippen LogP contribution in [0.4, 0.5) is 13.2 Å². The molecule has 0 saturated heterocycles. The van der Waals surface area contributed by atoms with Crippen molar-refractivity contribution in [3.63, 3.8) is 0 Å². The van der Waals surface area contributed by atoms with E-state index in [0.717, 1.165) is 12.1 Å². The maximum atomic E-state index is 12.7. The number of carbonyl (C=O) groups excluding carboxylic acids is 1. The van der Waals surface area contributed by atoms with Crippen LogP contribution in [-0.2, 0) is 19.7 Å². The second-order valence-electron chi connectivity index (χ2n) is 6.68. The van der Waals surface area contributed by atoms with Gasteiger partial charge in [0, 0.05) is 17.3 Å². The Kier molecular flexibility index (Phi) is 6.55. The number of hydroxylamine groups is 1. The fraction of sp³-hybridized carbons (Fsp3) is 0.263. The number of aliphatic hydroxyl groups is 2. The highest BCUT2D eigenvalue weighted by molar-refractivity contribution is 7.89. The Hall–Kier alpha value is -3.00. The van der Waals surface area contributed by atoms with E-state index in [1.165, 1.54) is 18.3 Å². The van der Waals surface area contributed by atoms with Gasteiger partial charge in [-0.05, 0) is 46.8 Å². The molecule has 13 heteroatoms. The second-order valence-corrected chi connectivity index (χ2v) is 8.51. The van der Waals surface area contributed by atoms with Gasteiger partial charge in [-0.1, -0.05) is 12.1 Å². The molecule has 32 heavy (non-hydrogen) atoms. The van der Waals surface area contributed by atoms with Gasteiger partial charge in [-0.25, -0.2) is 18.2 Å². The maximum absolute atomic E-state index is 12.7. The van der Waals surface area contributed by atoms with Crippen LogP contribution in [0.1, 0.15) is 18.7 Å². The summed E-state index contributed by atoms with van der Waals surface area (Å²) in [5, 5.41) is 19.4. The van der Waals surface area contributed by atoms with E-state index in [1.54, 1.807) is 19.1 Å². The molecule has 0 aliphatic rings. The molecule has 1 atom stereocenters. The molecule has 172 valence electrons. The molecular formula is C19H18F3N3O6S. The van der Waals surface area contributed by atoms with Crippen LogP contribution in [-0.4, -0.2) is 58.4 Å². The average molecular weight is 473 g/mol. The fourth-order valence-electron chi connectivity index (χ4n) is 2.89. The fourth-order valence-corrected chi connectivity index (χ4v) is 4.09. The van der Waals surface area contributed by atoms with Crippen molar-refractivity contribution in [3.8, 4) is 11.1 Å². The highest BCUT2D eigenvalue weighted by Gasteiger charge is 2.44. The van der Waals surface area contributed by atoms with Gasteiger partial charge in [-0.3, -0.25) is 0 Å². The topological polar surface area (TPSA) is 133 Å². The summed E-state index contributed by atoms with van der Waals surface area (Å²) in [7, 11) is -4.69. The molecule has 0 spiro atoms. The van der Waals surface area contributed by atoms with Crippen molar-refractivity contribution in [3.05, 3.63) is 48.3 Å². The molecule has 2 heterocycles. The van der Waals surface area contributed by atoms with E-state index in [0.29, 0.717) is 27.9 Å². The van der Waals surface area contributed by atoms with Gasteiger partial charge in [-0.2, -0.15) is 13.2 Å². The summed E-state index contributed by atoms with van der Waals surface area (Å²) in [5.41, 5.74) is 2.26. The van der Waals surface area contributed by atoms with Crippen molar-refractivity contribution in [1.29, 1.82) is 0 Å². The first-order chi connectivity index (χ1) is 14.9. The first-order valence-electron chi connectivity index (χ1n) is 9.14. The molecule has 3 rings (SSSR count). The Balaban J connectivity index is 1.95. The zero-order valence-electron chi connectivity index (χ0n) is 16.5. The highest BCUT2D eigenvalue weighted by Crippen LogP contribution is 2.31. The number of halogens is 3. The number of pyridine rings is 1. The van der Waals surface area contributed by atoms with E-state index in [9.17, 15) is 31.5 Å². The van der Waals surface area contributed by atoms with Crippen LogP contribution in [0.3, 0.4) is 0 Å². The van der Waals surface area contributed by atoms with Crippen LogP contribution in [0.2, 0.25) is 0 Å². The lowest BCUT2D eigenvalue weighted by Gasteiger charge is -2.20. The van der Waals surface area contributed by atoms with Gasteiger partial charge in [0.2, 0.25) is 0 Å². The molecule has 0 aliphatic carbocycles. The molecule has 0 bridgehead atoms. The third kappa shape index (κ3) is 4.75. The summed E-state index contributed by atoms with van der Waals surface area (Å²) in [5.74, 6) is -2.73. The van der Waals surface area contributed by atoms with Gasteiger partial charge in [0.05, 0.1) is 24.2 Å². The molecule has 3 N–H and O–H groups in total. The Bertz CT molecular complexity index is 1220. The summed E-state index contributed by atoms with van der Waals surface area (Å²) in [4.78, 5) is 21.7. The third-order valence-electron chi connectivity index (χ3n) is 4.43. The first kappa shape index (κ1) is 23.7. The number of nitrogens with zero attached hydrogens (tertiary/aromatic N) is 2. The zero-order chi connectivity index (χ0) is 23.7. The largest absolute Gasteiger partial charge is 0.492 e. The van der Waals surface area contributed by atoms with Gasteiger partial charge in [0.1, 0.15) is 5.65 Å². The number of nitrogens with one attached hydrogen (secondary N) is 1. The number of hydrogen-bond acceptors (Lipinski definition) is 7. The van der Waals surface area contributed by atoms with Crippen molar-refractivity contribution < 1.29 is 41.4 Å². The second kappa shape index (κ2) is 8.86. The predicted molar refractivity (Wildman–Crippen MR) is 105 cm³/mol. The Morgan fingerprint density at radius 1 is 1.25 bits per heavy atom. The SMILES string of the molecule is CC(O)c1cc2c(-c3ccc(S(=O)(=O)N(CCO)OC(=O)C(F)(F)F)cc3)ccnc2[nH]1. The van der Waals surface area contributed by atoms with E-state index in [4.69, 9.17) is 5.11 Å². The molecule has 2 aromatic heterocycles. The highest BCUT2D eigenvalue weighted by atomic mass is 32.2. The lowest BCUT2D eigenvalue weighted by Crippen LogP contribution is -2.40.